The maximum Gasteiger partial charge on any atom is 0.176 e. The van der Waals surface area contributed by atoms with Crippen LogP contribution < -0.4 is 24.7 Å². The van der Waals surface area contributed by atoms with E-state index >= 15 is 0 Å². The molecule has 0 radical (unpaired) electrons. The Hall–Kier alpha value is -7.41. The molecule has 0 amide bonds. The van der Waals surface area contributed by atoms with Crippen molar-refractivity contribution < 1.29 is 28.5 Å². The number of carbonyl (C=O) groups excluding carboxylic acids is 2. The van der Waals surface area contributed by atoms with Gasteiger partial charge in [-0.15, -0.1) is 12.4 Å². The molecular formula is C68H66Br3ClN2O6. The number of carbonyl (C=O) groups is 2. The van der Waals surface area contributed by atoms with Crippen LogP contribution in [0.5, 0.6) is 23.0 Å². The minimum absolute atomic E-state index is 0. The Bertz CT molecular complexity index is 3350. The number of nitrogen functional groups attached to an aromatic ring is 1. The van der Waals surface area contributed by atoms with Crippen molar-refractivity contribution in [2.45, 2.75) is 65.4 Å². The minimum Gasteiger partial charge on any atom is -0.489 e. The van der Waals surface area contributed by atoms with Crippen molar-refractivity contribution in [3.8, 4) is 34.3 Å². The number of nitrogens with two attached hydrogens (primary N) is 1. The van der Waals surface area contributed by atoms with Crippen molar-refractivity contribution in [3.05, 3.63) is 281 Å². The van der Waals surface area contributed by atoms with Gasteiger partial charge in [-0.1, -0.05) is 156 Å². The van der Waals surface area contributed by atoms with Gasteiger partial charge in [0.05, 0.1) is 4.83 Å². The van der Waals surface area contributed by atoms with Gasteiger partial charge in [0.25, 0.3) is 0 Å². The zero-order chi connectivity index (χ0) is 56.2. The summed E-state index contributed by atoms with van der Waals surface area (Å²) >= 11 is 8.78. The predicted molar refractivity (Wildman–Crippen MR) is 342 cm³/mol. The van der Waals surface area contributed by atoms with Crippen LogP contribution in [-0.2, 0) is 26.4 Å². The maximum absolute atomic E-state index is 11.7. The number of ketones is 2. The van der Waals surface area contributed by atoms with Crippen LogP contribution in [0.3, 0.4) is 0 Å². The van der Waals surface area contributed by atoms with Gasteiger partial charge in [-0.2, -0.15) is 0 Å². The summed E-state index contributed by atoms with van der Waals surface area (Å²) in [5, 5.41) is 1.29. The molecule has 1 heterocycles. The number of anilines is 1. The minimum atomic E-state index is -0.163. The highest BCUT2D eigenvalue weighted by Gasteiger charge is 2.12. The summed E-state index contributed by atoms with van der Waals surface area (Å²) in [6.45, 7) is 10.2. The van der Waals surface area contributed by atoms with Crippen molar-refractivity contribution in [2.24, 2.45) is 0 Å². The highest BCUT2D eigenvalue weighted by molar-refractivity contribution is 9.93. The molecule has 0 saturated carbocycles. The molecule has 10 aromatic rings. The van der Waals surface area contributed by atoms with Crippen molar-refractivity contribution >= 4 is 84.7 Å². The largest absolute Gasteiger partial charge is 0.489 e. The average Bonchev–Trinajstić information content (AvgIpc) is 3.90. The summed E-state index contributed by atoms with van der Waals surface area (Å²) in [5.74, 6) is 3.51. The fourth-order valence-corrected chi connectivity index (χ4v) is 8.13. The van der Waals surface area contributed by atoms with E-state index in [0.717, 1.165) is 50.9 Å². The van der Waals surface area contributed by atoms with Crippen LogP contribution in [0, 0.1) is 13.8 Å². The molecule has 0 bridgehead atoms. The second-order valence-corrected chi connectivity index (χ2v) is 19.5. The summed E-state index contributed by atoms with van der Waals surface area (Å²) in [7, 11) is 0. The highest BCUT2D eigenvalue weighted by Crippen LogP contribution is 2.31. The van der Waals surface area contributed by atoms with Crippen molar-refractivity contribution in [1.29, 1.82) is 0 Å². The van der Waals surface area contributed by atoms with Crippen molar-refractivity contribution in [3.63, 3.8) is 0 Å². The first-order valence-electron chi connectivity index (χ1n) is 25.8. The van der Waals surface area contributed by atoms with Crippen LogP contribution in [0.15, 0.2) is 237 Å². The number of H-pyrrole nitrogens is 1. The van der Waals surface area contributed by atoms with Crippen LogP contribution in [0.4, 0.5) is 5.69 Å². The fraction of sp³-hybridized carbons (Fsp3) is 0.147. The lowest BCUT2D eigenvalue weighted by Crippen LogP contribution is -2.09. The number of halogens is 4. The summed E-state index contributed by atoms with van der Waals surface area (Å²) in [6.07, 6.45) is 0.532. The van der Waals surface area contributed by atoms with Gasteiger partial charge in [0, 0.05) is 68.1 Å². The number of aromatic nitrogens is 1. The Labute approximate surface area is 501 Å². The second-order valence-electron chi connectivity index (χ2n) is 18.2. The number of benzene rings is 9. The monoisotopic (exact) mass is 1280 g/mol. The molecule has 12 heteroatoms. The Morgan fingerprint density at radius 1 is 0.487 bits per heavy atom. The number of ether oxygens (including phenoxy) is 4. The molecular weight excluding hydrogens is 1220 g/mol. The first kappa shape index (κ1) is 63.4. The molecule has 3 N–H and O–H groups in total. The summed E-state index contributed by atoms with van der Waals surface area (Å²) in [6, 6.07) is 77.1. The third-order valence-corrected chi connectivity index (χ3v) is 12.6. The number of aryl methyl sites for hydroxylation is 2. The average molecular weight is 1280 g/mol. The molecule has 9 aromatic carbocycles. The van der Waals surface area contributed by atoms with E-state index in [0.29, 0.717) is 38.4 Å². The van der Waals surface area contributed by atoms with Crippen LogP contribution in [0.1, 0.15) is 74.4 Å². The number of alkyl halides is 1. The number of hydrogen-bond donors (Lipinski definition) is 2. The summed E-state index contributed by atoms with van der Waals surface area (Å²) in [5.41, 5.74) is 18.5. The van der Waals surface area contributed by atoms with Crippen molar-refractivity contribution in [2.75, 3.05) is 5.73 Å². The van der Waals surface area contributed by atoms with Gasteiger partial charge < -0.3 is 29.7 Å². The van der Waals surface area contributed by atoms with Gasteiger partial charge in [0.2, 0.25) is 0 Å². The van der Waals surface area contributed by atoms with E-state index in [1.807, 2.05) is 196 Å². The molecule has 1 atom stereocenters. The number of fused-ring (bicyclic) bond motifs is 1. The highest BCUT2D eigenvalue weighted by atomic mass is 80.9. The molecule has 0 aliphatic carbocycles. The molecule has 1 aromatic heterocycles. The van der Waals surface area contributed by atoms with Crippen molar-refractivity contribution in [1.82, 2.24) is 4.98 Å². The Morgan fingerprint density at radius 3 is 1.20 bits per heavy atom. The molecule has 1 unspecified atom stereocenters. The van der Waals surface area contributed by atoms with Crippen LogP contribution >= 0.6 is 56.6 Å². The third kappa shape index (κ3) is 21.0. The zero-order valence-corrected chi connectivity index (χ0v) is 50.8. The van der Waals surface area contributed by atoms with Crippen LogP contribution in [0.25, 0.3) is 22.2 Å². The zero-order valence-electron chi connectivity index (χ0n) is 45.2. The SMILES string of the molecule is BrBr.CC(Br)C(=O)c1ccc(OCc2ccccc2)cc1.CCC(=O)c1ccc(OCc2ccccc2)cc1.Cc1ccc2[nH]c(-c3ccc(OCc4ccccc4)cc3)c(C)c2c1.Cl.Nc1ccc(OCc2ccccc2)cc1. The van der Waals surface area contributed by atoms with E-state index in [9.17, 15) is 9.59 Å². The van der Waals surface area contributed by atoms with Gasteiger partial charge in [-0.3, -0.25) is 9.59 Å². The van der Waals surface area contributed by atoms with Crippen LogP contribution in [-0.4, -0.2) is 21.4 Å². The molecule has 0 aliphatic heterocycles. The Morgan fingerprint density at radius 2 is 0.838 bits per heavy atom. The molecule has 412 valence electrons. The molecule has 0 saturated heterocycles. The number of rotatable bonds is 17. The topological polar surface area (TPSA) is 113 Å². The lowest BCUT2D eigenvalue weighted by Gasteiger charge is -2.07. The van der Waals surface area contributed by atoms with E-state index in [2.05, 4.69) is 105 Å². The third-order valence-electron chi connectivity index (χ3n) is 12.2. The quantitative estimate of drug-likeness (QED) is 0.0530. The Kier molecular flexibility index (Phi) is 27.4. The normalized spacial score (nSPS) is 10.4. The first-order valence-corrected chi connectivity index (χ1v) is 30.4. The molecule has 0 fully saturated rings. The standard InChI is InChI=1S/C23H21NO.C16H15BrO2.C16H16O2.C13H13NO.Br2.ClH/c1-16-8-13-22-21(14-16)17(2)23(24-22)19-9-11-20(12-10-19)25-15-18-6-4-3-5-7-18;1-12(17)16(18)14-7-9-15(10-8-14)19-11-13-5-3-2-4-6-13;1-2-16(17)14-8-10-15(11-9-14)18-12-13-6-4-3-5-7-13;14-12-6-8-13(9-7-12)15-10-11-4-2-1-3-5-11;1-2;/h3-14,24H,15H2,1-2H3;2-10,12H,11H2,1H3;3-11H,2,12H2,1H3;1-9H,10,14H2;;1H. The lowest BCUT2D eigenvalue weighted by molar-refractivity contribution is 0.0983. The lowest BCUT2D eigenvalue weighted by atomic mass is 10.1. The van der Waals surface area contributed by atoms with E-state index in [1.54, 1.807) is 12.1 Å². The van der Waals surface area contributed by atoms with E-state index in [-0.39, 0.29) is 28.8 Å². The summed E-state index contributed by atoms with van der Waals surface area (Å²) < 4.78 is 22.8. The molecule has 80 heavy (non-hydrogen) atoms. The summed E-state index contributed by atoms with van der Waals surface area (Å²) in [4.78, 5) is 26.6. The maximum atomic E-state index is 11.7. The second kappa shape index (κ2) is 34.6. The van der Waals surface area contributed by atoms with E-state index < -0.39 is 0 Å². The number of nitrogens with one attached hydrogen (secondary N) is 1. The smallest absolute Gasteiger partial charge is 0.176 e. The first-order chi connectivity index (χ1) is 38.5. The van der Waals surface area contributed by atoms with Gasteiger partial charge in [0.1, 0.15) is 49.4 Å². The van der Waals surface area contributed by atoms with Gasteiger partial charge in [-0.25, -0.2) is 0 Å². The molecule has 0 aliphatic rings. The van der Waals surface area contributed by atoms with Crippen LogP contribution in [0.2, 0.25) is 0 Å². The number of Topliss-reactive ketones (excluding diaryl/α,β-unsaturated/α-hetero) is 2. The molecule has 0 spiro atoms. The van der Waals surface area contributed by atoms with E-state index in [1.165, 1.54) is 38.9 Å². The Balaban J connectivity index is 0.000000196. The molecule has 10 rings (SSSR count). The fourth-order valence-electron chi connectivity index (χ4n) is 7.86. The molecule has 8 nitrogen and oxygen atoms in total. The van der Waals surface area contributed by atoms with Gasteiger partial charge >= 0.3 is 0 Å². The van der Waals surface area contributed by atoms with E-state index in [4.69, 9.17) is 24.7 Å². The van der Waals surface area contributed by atoms with Gasteiger partial charge in [-0.05, 0) is 163 Å². The predicted octanol–water partition coefficient (Wildman–Crippen LogP) is 19.1. The number of aromatic amines is 1. The number of hydrogen-bond acceptors (Lipinski definition) is 7. The van der Waals surface area contributed by atoms with Gasteiger partial charge in [0.15, 0.2) is 11.6 Å².